The Bertz CT molecular complexity index is 702. The number of ether oxygens (including phenoxy) is 4. The molecule has 1 heterocycles. The molecule has 0 unspecified atom stereocenters. The molecule has 2 aromatic rings. The van der Waals surface area contributed by atoms with Gasteiger partial charge in [-0.3, -0.25) is 4.98 Å². The van der Waals surface area contributed by atoms with E-state index in [1.807, 2.05) is 0 Å². The molecule has 7 heteroatoms. The van der Waals surface area contributed by atoms with Gasteiger partial charge < -0.3 is 18.9 Å². The number of hydrogen-bond acceptors (Lipinski definition) is 6. The van der Waals surface area contributed by atoms with E-state index in [9.17, 15) is 4.79 Å². The molecule has 1 aromatic heterocycles. The fraction of sp³-hybridized carbons (Fsp3) is 0.286. The molecule has 0 fully saturated rings. The van der Waals surface area contributed by atoms with Crippen LogP contribution in [0.15, 0.2) is 16.7 Å². The highest BCUT2D eigenvalue weighted by atomic mass is 79.9. The molecule has 21 heavy (non-hydrogen) atoms. The van der Waals surface area contributed by atoms with E-state index < -0.39 is 5.97 Å². The summed E-state index contributed by atoms with van der Waals surface area (Å²) >= 11 is 3.41. The van der Waals surface area contributed by atoms with Crippen LogP contribution >= 0.6 is 15.9 Å². The van der Waals surface area contributed by atoms with E-state index in [1.165, 1.54) is 34.6 Å². The molecule has 0 bridgehead atoms. The van der Waals surface area contributed by atoms with Gasteiger partial charge in [0.1, 0.15) is 0 Å². The topological polar surface area (TPSA) is 66.9 Å². The van der Waals surface area contributed by atoms with Gasteiger partial charge in [0.05, 0.1) is 44.9 Å². The largest absolute Gasteiger partial charge is 0.493 e. The summed E-state index contributed by atoms with van der Waals surface area (Å²) in [5, 5.41) is 0.609. The first-order valence-corrected chi connectivity index (χ1v) is 6.73. The molecular weight excluding hydrogens is 342 g/mol. The summed E-state index contributed by atoms with van der Waals surface area (Å²) < 4.78 is 21.3. The highest BCUT2D eigenvalue weighted by molar-refractivity contribution is 9.10. The number of esters is 1. The molecule has 2 rings (SSSR count). The normalized spacial score (nSPS) is 10.3. The number of carbonyl (C=O) groups excluding carboxylic acids is 1. The zero-order chi connectivity index (χ0) is 15.6. The second-order valence-electron chi connectivity index (χ2n) is 4.02. The van der Waals surface area contributed by atoms with Crippen LogP contribution in [0.25, 0.3) is 10.9 Å². The lowest BCUT2D eigenvalue weighted by Gasteiger charge is -2.16. The van der Waals surface area contributed by atoms with E-state index >= 15 is 0 Å². The second kappa shape index (κ2) is 6.17. The zero-order valence-electron chi connectivity index (χ0n) is 12.0. The SMILES string of the molecule is COC(=O)c1cnc2cc(OC)c(OC)c(OC)c2c1Br. The number of fused-ring (bicyclic) bond motifs is 1. The first-order chi connectivity index (χ1) is 10.1. The maximum Gasteiger partial charge on any atom is 0.340 e. The Labute approximate surface area is 130 Å². The minimum Gasteiger partial charge on any atom is -0.493 e. The van der Waals surface area contributed by atoms with Crippen molar-refractivity contribution >= 4 is 32.8 Å². The van der Waals surface area contributed by atoms with Gasteiger partial charge in [-0.05, 0) is 15.9 Å². The van der Waals surface area contributed by atoms with E-state index in [0.29, 0.717) is 38.2 Å². The monoisotopic (exact) mass is 355 g/mol. The summed E-state index contributed by atoms with van der Waals surface area (Å²) in [6.07, 6.45) is 1.43. The molecule has 112 valence electrons. The lowest BCUT2D eigenvalue weighted by molar-refractivity contribution is 0.0599. The molecule has 0 N–H and O–H groups in total. The van der Waals surface area contributed by atoms with Crippen LogP contribution in [-0.4, -0.2) is 39.4 Å². The number of halogens is 1. The van der Waals surface area contributed by atoms with Gasteiger partial charge in [0.25, 0.3) is 0 Å². The van der Waals surface area contributed by atoms with Gasteiger partial charge in [-0.15, -0.1) is 0 Å². The van der Waals surface area contributed by atoms with Crippen molar-refractivity contribution in [2.45, 2.75) is 0 Å². The third-order valence-electron chi connectivity index (χ3n) is 3.00. The second-order valence-corrected chi connectivity index (χ2v) is 4.81. The molecule has 0 aliphatic heterocycles. The molecule has 0 atom stereocenters. The molecule has 0 aliphatic rings. The van der Waals surface area contributed by atoms with E-state index in [2.05, 4.69) is 20.9 Å². The molecule has 0 amide bonds. The minimum absolute atomic E-state index is 0.301. The Morgan fingerprint density at radius 3 is 2.29 bits per heavy atom. The predicted molar refractivity (Wildman–Crippen MR) is 80.4 cm³/mol. The zero-order valence-corrected chi connectivity index (χ0v) is 13.6. The summed E-state index contributed by atoms with van der Waals surface area (Å²) in [5.74, 6) is 0.856. The van der Waals surface area contributed by atoms with Crippen molar-refractivity contribution in [3.63, 3.8) is 0 Å². The van der Waals surface area contributed by atoms with Crippen molar-refractivity contribution in [3.05, 3.63) is 22.3 Å². The van der Waals surface area contributed by atoms with Crippen molar-refractivity contribution in [1.29, 1.82) is 0 Å². The van der Waals surface area contributed by atoms with E-state index in [1.54, 1.807) is 6.07 Å². The van der Waals surface area contributed by atoms with Gasteiger partial charge in [-0.1, -0.05) is 0 Å². The number of benzene rings is 1. The first kappa shape index (κ1) is 15.4. The van der Waals surface area contributed by atoms with Gasteiger partial charge in [0.2, 0.25) is 5.75 Å². The standard InChI is InChI=1S/C14H14BrNO5/c1-18-9-5-8-10(13(20-3)12(9)19-2)11(15)7(6-16-8)14(17)21-4/h5-6H,1-4H3. The predicted octanol–water partition coefficient (Wildman–Crippen LogP) is 2.81. The number of nitrogens with zero attached hydrogens (tertiary/aromatic N) is 1. The molecule has 0 aliphatic carbocycles. The van der Waals surface area contributed by atoms with Crippen LogP contribution in [0.5, 0.6) is 17.2 Å². The Hall–Kier alpha value is -2.02. The van der Waals surface area contributed by atoms with Crippen LogP contribution in [0.3, 0.4) is 0 Å². The number of rotatable bonds is 4. The van der Waals surface area contributed by atoms with Crippen LogP contribution in [0, 0.1) is 0 Å². The van der Waals surface area contributed by atoms with Crippen molar-refractivity contribution in [2.24, 2.45) is 0 Å². The van der Waals surface area contributed by atoms with Gasteiger partial charge in [-0.25, -0.2) is 4.79 Å². The van der Waals surface area contributed by atoms with Crippen molar-refractivity contribution in [3.8, 4) is 17.2 Å². The maximum absolute atomic E-state index is 11.8. The fourth-order valence-electron chi connectivity index (χ4n) is 2.03. The molecule has 0 radical (unpaired) electrons. The average Bonchev–Trinajstić information content (AvgIpc) is 2.52. The molecular formula is C14H14BrNO5. The fourth-order valence-corrected chi connectivity index (χ4v) is 2.68. The molecule has 0 saturated heterocycles. The van der Waals surface area contributed by atoms with Gasteiger partial charge in [-0.2, -0.15) is 0 Å². The lowest BCUT2D eigenvalue weighted by Crippen LogP contribution is -2.05. The number of hydrogen-bond donors (Lipinski definition) is 0. The van der Waals surface area contributed by atoms with Crippen LogP contribution < -0.4 is 14.2 Å². The Kier molecular flexibility index (Phi) is 4.52. The highest BCUT2D eigenvalue weighted by Gasteiger charge is 2.22. The third-order valence-corrected chi connectivity index (χ3v) is 3.83. The van der Waals surface area contributed by atoms with Crippen LogP contribution in [-0.2, 0) is 4.74 Å². The minimum atomic E-state index is -0.492. The summed E-state index contributed by atoms with van der Waals surface area (Å²) in [5.41, 5.74) is 0.902. The van der Waals surface area contributed by atoms with Crippen LogP contribution in [0.1, 0.15) is 10.4 Å². The maximum atomic E-state index is 11.8. The van der Waals surface area contributed by atoms with Crippen molar-refractivity contribution in [1.82, 2.24) is 4.98 Å². The van der Waals surface area contributed by atoms with E-state index in [-0.39, 0.29) is 0 Å². The Morgan fingerprint density at radius 1 is 1.10 bits per heavy atom. The lowest BCUT2D eigenvalue weighted by atomic mass is 10.1. The summed E-state index contributed by atoms with van der Waals surface area (Å²) in [4.78, 5) is 16.0. The molecule has 0 saturated carbocycles. The summed E-state index contributed by atoms with van der Waals surface area (Å²) in [6.45, 7) is 0. The van der Waals surface area contributed by atoms with Gasteiger partial charge in [0, 0.05) is 16.7 Å². The quantitative estimate of drug-likeness (QED) is 0.785. The summed E-state index contributed by atoms with van der Waals surface area (Å²) in [7, 11) is 5.86. The first-order valence-electron chi connectivity index (χ1n) is 5.94. The van der Waals surface area contributed by atoms with Crippen molar-refractivity contribution in [2.75, 3.05) is 28.4 Å². The van der Waals surface area contributed by atoms with E-state index in [0.717, 1.165) is 0 Å². The highest BCUT2D eigenvalue weighted by Crippen LogP contribution is 2.45. The van der Waals surface area contributed by atoms with Crippen LogP contribution in [0.2, 0.25) is 0 Å². The Morgan fingerprint density at radius 2 is 1.76 bits per heavy atom. The van der Waals surface area contributed by atoms with Gasteiger partial charge in [0.15, 0.2) is 11.5 Å². The average molecular weight is 356 g/mol. The number of pyridine rings is 1. The summed E-state index contributed by atoms with van der Waals surface area (Å²) in [6, 6.07) is 1.71. The number of carbonyl (C=O) groups is 1. The molecule has 1 aromatic carbocycles. The number of methoxy groups -OCH3 is 4. The Balaban J connectivity index is 2.88. The van der Waals surface area contributed by atoms with Crippen molar-refractivity contribution < 1.29 is 23.7 Å². The smallest absolute Gasteiger partial charge is 0.340 e. The van der Waals surface area contributed by atoms with Gasteiger partial charge >= 0.3 is 5.97 Å². The molecule has 0 spiro atoms. The molecule has 6 nitrogen and oxygen atoms in total. The van der Waals surface area contributed by atoms with Crippen LogP contribution in [0.4, 0.5) is 0 Å². The number of aromatic nitrogens is 1. The van der Waals surface area contributed by atoms with E-state index in [4.69, 9.17) is 18.9 Å². The third kappa shape index (κ3) is 2.49.